The maximum Gasteiger partial charge on any atom is 0.240 e. The summed E-state index contributed by atoms with van der Waals surface area (Å²) in [7, 11) is 0. The fourth-order valence-electron chi connectivity index (χ4n) is 2.43. The number of hydrogen-bond donors (Lipinski definition) is 0. The van der Waals surface area contributed by atoms with Gasteiger partial charge in [-0.3, -0.25) is 4.79 Å². The molecule has 1 aliphatic rings. The van der Waals surface area contributed by atoms with Gasteiger partial charge in [0.1, 0.15) is 11.5 Å². The molecular formula is C17H16BrNO2. The second kappa shape index (κ2) is 6.31. The number of rotatable bonds is 3. The predicted molar refractivity (Wildman–Crippen MR) is 87.3 cm³/mol. The van der Waals surface area contributed by atoms with Crippen molar-refractivity contribution in [1.29, 1.82) is 0 Å². The van der Waals surface area contributed by atoms with Crippen LogP contribution in [0.15, 0.2) is 54.6 Å². The van der Waals surface area contributed by atoms with Gasteiger partial charge in [0.15, 0.2) is 0 Å². The molecule has 0 aliphatic carbocycles. The predicted octanol–water partition coefficient (Wildman–Crippen LogP) is 4.37. The molecule has 2 aromatic rings. The number of carbonyl (C=O) groups excluding carboxylic acids is 1. The van der Waals surface area contributed by atoms with Crippen LogP contribution in [-0.2, 0) is 4.79 Å². The van der Waals surface area contributed by atoms with Crippen molar-refractivity contribution in [3.05, 3.63) is 54.6 Å². The van der Waals surface area contributed by atoms with Crippen LogP contribution in [0.1, 0.15) is 12.8 Å². The molecule has 1 heterocycles. The Hall–Kier alpha value is -1.81. The Morgan fingerprint density at radius 2 is 1.81 bits per heavy atom. The Kier molecular flexibility index (Phi) is 4.25. The van der Waals surface area contributed by atoms with Crippen LogP contribution >= 0.6 is 15.9 Å². The number of carbonyl (C=O) groups is 1. The number of nitrogens with zero attached hydrogens (tertiary/aromatic N) is 1. The molecule has 3 nitrogen and oxygen atoms in total. The lowest BCUT2D eigenvalue weighted by Crippen LogP contribution is -2.41. The van der Waals surface area contributed by atoms with Crippen LogP contribution in [0, 0.1) is 0 Å². The third-order valence-electron chi connectivity index (χ3n) is 3.48. The maximum absolute atomic E-state index is 12.2. The van der Waals surface area contributed by atoms with Gasteiger partial charge in [-0.2, -0.15) is 0 Å². The lowest BCUT2D eigenvalue weighted by molar-refractivity contribution is -0.118. The van der Waals surface area contributed by atoms with Crippen molar-refractivity contribution >= 4 is 27.5 Å². The van der Waals surface area contributed by atoms with Crippen molar-refractivity contribution in [2.45, 2.75) is 17.7 Å². The Labute approximate surface area is 132 Å². The molecule has 0 aromatic heterocycles. The molecule has 0 radical (unpaired) electrons. The average Bonchev–Trinajstić information content (AvgIpc) is 2.51. The van der Waals surface area contributed by atoms with E-state index in [1.165, 1.54) is 0 Å². The molecular weight excluding hydrogens is 330 g/mol. The van der Waals surface area contributed by atoms with Gasteiger partial charge >= 0.3 is 0 Å². The molecule has 0 N–H and O–H groups in total. The van der Waals surface area contributed by atoms with Gasteiger partial charge in [-0.25, -0.2) is 0 Å². The first-order valence-electron chi connectivity index (χ1n) is 7.02. The topological polar surface area (TPSA) is 29.5 Å². The highest BCUT2D eigenvalue weighted by Crippen LogP contribution is 2.29. The van der Waals surface area contributed by atoms with Gasteiger partial charge in [0.2, 0.25) is 5.91 Å². The van der Waals surface area contributed by atoms with Gasteiger partial charge in [-0.05, 0) is 37.1 Å². The number of alkyl halides is 1. The van der Waals surface area contributed by atoms with Crippen molar-refractivity contribution in [1.82, 2.24) is 0 Å². The van der Waals surface area contributed by atoms with Gasteiger partial charge in [0, 0.05) is 18.3 Å². The minimum absolute atomic E-state index is 0.0788. The van der Waals surface area contributed by atoms with E-state index in [1.807, 2.05) is 59.5 Å². The molecule has 1 fully saturated rings. The number of amides is 1. The lowest BCUT2D eigenvalue weighted by atomic mass is 10.1. The van der Waals surface area contributed by atoms with Crippen LogP contribution in [0.3, 0.4) is 0 Å². The van der Waals surface area contributed by atoms with E-state index in [-0.39, 0.29) is 10.7 Å². The molecule has 1 atom stereocenters. The molecule has 21 heavy (non-hydrogen) atoms. The zero-order valence-electron chi connectivity index (χ0n) is 11.5. The highest BCUT2D eigenvalue weighted by molar-refractivity contribution is 9.10. The highest BCUT2D eigenvalue weighted by atomic mass is 79.9. The molecule has 1 unspecified atom stereocenters. The first-order valence-corrected chi connectivity index (χ1v) is 7.94. The SMILES string of the molecule is O=C1C(Br)CCCN1c1cccc(Oc2ccccc2)c1. The Bertz CT molecular complexity index is 630. The Morgan fingerprint density at radius 1 is 1.05 bits per heavy atom. The van der Waals surface area contributed by atoms with Crippen LogP contribution in [0.25, 0.3) is 0 Å². The summed E-state index contributed by atoms with van der Waals surface area (Å²) < 4.78 is 5.82. The van der Waals surface area contributed by atoms with Crippen LogP contribution in [0.2, 0.25) is 0 Å². The summed E-state index contributed by atoms with van der Waals surface area (Å²) in [5.74, 6) is 1.65. The summed E-state index contributed by atoms with van der Waals surface area (Å²) in [5, 5.41) is 0. The average molecular weight is 346 g/mol. The van der Waals surface area contributed by atoms with Crippen LogP contribution < -0.4 is 9.64 Å². The minimum atomic E-state index is -0.0788. The second-order valence-corrected chi connectivity index (χ2v) is 6.12. The number of ether oxygens (including phenoxy) is 1. The van der Waals surface area contributed by atoms with Crippen LogP contribution in [0.4, 0.5) is 5.69 Å². The molecule has 0 bridgehead atoms. The summed E-state index contributed by atoms with van der Waals surface area (Å²) in [6.45, 7) is 0.760. The number of para-hydroxylation sites is 1. The lowest BCUT2D eigenvalue weighted by Gasteiger charge is -2.30. The van der Waals surface area contributed by atoms with E-state index in [0.717, 1.165) is 36.6 Å². The van der Waals surface area contributed by atoms with E-state index in [0.29, 0.717) is 0 Å². The van der Waals surface area contributed by atoms with Gasteiger partial charge in [0.25, 0.3) is 0 Å². The van der Waals surface area contributed by atoms with E-state index in [9.17, 15) is 4.79 Å². The van der Waals surface area contributed by atoms with Crippen LogP contribution in [0.5, 0.6) is 11.5 Å². The van der Waals surface area contributed by atoms with Crippen molar-refractivity contribution < 1.29 is 9.53 Å². The maximum atomic E-state index is 12.2. The summed E-state index contributed by atoms with van der Waals surface area (Å²) in [6.07, 6.45) is 1.90. The standard InChI is InChI=1S/C17H16BrNO2/c18-16-10-5-11-19(17(16)20)13-6-4-9-15(12-13)21-14-7-2-1-3-8-14/h1-4,6-9,12,16H,5,10-11H2. The molecule has 1 aliphatic heterocycles. The largest absolute Gasteiger partial charge is 0.457 e. The quantitative estimate of drug-likeness (QED) is 0.773. The highest BCUT2D eigenvalue weighted by Gasteiger charge is 2.27. The fraction of sp³-hybridized carbons (Fsp3) is 0.235. The summed E-state index contributed by atoms with van der Waals surface area (Å²) in [4.78, 5) is 14.0. The van der Waals surface area contributed by atoms with Gasteiger partial charge in [0.05, 0.1) is 4.83 Å². The molecule has 108 valence electrons. The number of piperidine rings is 1. The van der Waals surface area contributed by atoms with E-state index in [1.54, 1.807) is 0 Å². The molecule has 1 amide bonds. The van der Waals surface area contributed by atoms with Crippen molar-refractivity contribution in [2.75, 3.05) is 11.4 Å². The summed E-state index contributed by atoms with van der Waals surface area (Å²) in [6, 6.07) is 17.3. The Morgan fingerprint density at radius 3 is 2.62 bits per heavy atom. The molecule has 3 rings (SSSR count). The number of benzene rings is 2. The third-order valence-corrected chi connectivity index (χ3v) is 4.33. The molecule has 0 spiro atoms. The first kappa shape index (κ1) is 14.1. The first-order chi connectivity index (χ1) is 10.2. The van der Waals surface area contributed by atoms with E-state index < -0.39 is 0 Å². The van der Waals surface area contributed by atoms with Crippen molar-refractivity contribution in [3.63, 3.8) is 0 Å². The molecule has 1 saturated heterocycles. The van der Waals surface area contributed by atoms with Gasteiger partial charge in [-0.1, -0.05) is 40.2 Å². The smallest absolute Gasteiger partial charge is 0.240 e. The minimum Gasteiger partial charge on any atom is -0.457 e. The van der Waals surface area contributed by atoms with E-state index in [4.69, 9.17) is 4.74 Å². The number of anilines is 1. The number of hydrogen-bond acceptors (Lipinski definition) is 2. The van der Waals surface area contributed by atoms with Crippen molar-refractivity contribution in [3.8, 4) is 11.5 Å². The van der Waals surface area contributed by atoms with Crippen LogP contribution in [-0.4, -0.2) is 17.3 Å². The zero-order chi connectivity index (χ0) is 14.7. The third kappa shape index (κ3) is 3.27. The Balaban J connectivity index is 1.81. The van der Waals surface area contributed by atoms with E-state index in [2.05, 4.69) is 15.9 Å². The monoisotopic (exact) mass is 345 g/mol. The fourth-order valence-corrected chi connectivity index (χ4v) is 3.00. The zero-order valence-corrected chi connectivity index (χ0v) is 13.1. The summed E-state index contributed by atoms with van der Waals surface area (Å²) in [5.41, 5.74) is 0.887. The molecule has 4 heteroatoms. The van der Waals surface area contributed by atoms with Gasteiger partial charge in [-0.15, -0.1) is 0 Å². The van der Waals surface area contributed by atoms with Crippen molar-refractivity contribution in [2.24, 2.45) is 0 Å². The second-order valence-electron chi connectivity index (χ2n) is 5.01. The summed E-state index contributed by atoms with van der Waals surface area (Å²) >= 11 is 3.44. The van der Waals surface area contributed by atoms with Gasteiger partial charge < -0.3 is 9.64 Å². The molecule has 0 saturated carbocycles. The van der Waals surface area contributed by atoms with E-state index >= 15 is 0 Å². The molecule has 2 aromatic carbocycles. The number of halogens is 1. The normalized spacial score (nSPS) is 18.6.